The fraction of sp³-hybridized carbons (Fsp3) is 0.562. The first-order valence-electron chi connectivity index (χ1n) is 7.26. The number of hydrogen-bond donors (Lipinski definition) is 2. The van der Waals surface area contributed by atoms with Crippen LogP contribution in [-0.4, -0.2) is 30.8 Å². The van der Waals surface area contributed by atoms with Gasteiger partial charge in [-0.1, -0.05) is 18.6 Å². The molecule has 1 aliphatic carbocycles. The quantitative estimate of drug-likeness (QED) is 0.835. The van der Waals surface area contributed by atoms with Crippen LogP contribution in [0.3, 0.4) is 0 Å². The molecule has 4 nitrogen and oxygen atoms in total. The van der Waals surface area contributed by atoms with Crippen LogP contribution in [-0.2, 0) is 4.79 Å². The van der Waals surface area contributed by atoms with Crippen molar-refractivity contribution in [3.8, 4) is 5.75 Å². The highest BCUT2D eigenvalue weighted by Gasteiger charge is 2.26. The topological polar surface area (TPSA) is 58.6 Å². The first-order valence-corrected chi connectivity index (χ1v) is 7.26. The summed E-state index contributed by atoms with van der Waals surface area (Å²) in [6.45, 7) is 2.89. The second kappa shape index (κ2) is 7.29. The van der Waals surface area contributed by atoms with E-state index in [0.717, 1.165) is 24.8 Å². The third kappa shape index (κ3) is 4.23. The SMILES string of the molecule is Cc1cccc(OCC(=O)NCC2CCCC2CO)c1. The Hall–Kier alpha value is -1.55. The molecule has 0 bridgehead atoms. The summed E-state index contributed by atoms with van der Waals surface area (Å²) in [6.07, 6.45) is 3.30. The maximum absolute atomic E-state index is 11.8. The Kier molecular flexibility index (Phi) is 5.41. The van der Waals surface area contributed by atoms with Crippen molar-refractivity contribution in [2.75, 3.05) is 19.8 Å². The van der Waals surface area contributed by atoms with E-state index in [1.54, 1.807) is 0 Å². The minimum Gasteiger partial charge on any atom is -0.484 e. The van der Waals surface area contributed by atoms with Crippen LogP contribution in [0.15, 0.2) is 24.3 Å². The zero-order valence-electron chi connectivity index (χ0n) is 12.0. The third-order valence-electron chi connectivity index (χ3n) is 3.97. The number of aliphatic hydroxyl groups is 1. The van der Waals surface area contributed by atoms with Gasteiger partial charge in [0.2, 0.25) is 0 Å². The minimum absolute atomic E-state index is 0.0416. The van der Waals surface area contributed by atoms with Crippen molar-refractivity contribution in [1.29, 1.82) is 0 Å². The number of benzene rings is 1. The summed E-state index contributed by atoms with van der Waals surface area (Å²) in [6, 6.07) is 7.65. The Morgan fingerprint density at radius 1 is 1.40 bits per heavy atom. The number of amides is 1. The first kappa shape index (κ1) is 14.9. The summed E-state index contributed by atoms with van der Waals surface area (Å²) >= 11 is 0. The highest BCUT2D eigenvalue weighted by Crippen LogP contribution is 2.30. The first-order chi connectivity index (χ1) is 9.69. The molecule has 0 heterocycles. The van der Waals surface area contributed by atoms with Crippen LogP contribution in [0.2, 0.25) is 0 Å². The highest BCUT2D eigenvalue weighted by atomic mass is 16.5. The average molecular weight is 277 g/mol. The lowest BCUT2D eigenvalue weighted by Gasteiger charge is -2.17. The lowest BCUT2D eigenvalue weighted by Crippen LogP contribution is -2.34. The molecule has 0 saturated heterocycles. The summed E-state index contributed by atoms with van der Waals surface area (Å²) in [5.41, 5.74) is 1.11. The van der Waals surface area contributed by atoms with E-state index in [1.165, 1.54) is 0 Å². The van der Waals surface area contributed by atoms with E-state index in [0.29, 0.717) is 24.1 Å². The van der Waals surface area contributed by atoms with Gasteiger partial charge in [0.05, 0.1) is 0 Å². The molecule has 1 aliphatic rings. The van der Waals surface area contributed by atoms with E-state index < -0.39 is 0 Å². The number of aliphatic hydroxyl groups excluding tert-OH is 1. The van der Waals surface area contributed by atoms with Gasteiger partial charge in [0.15, 0.2) is 6.61 Å². The molecule has 20 heavy (non-hydrogen) atoms. The molecule has 0 radical (unpaired) electrons. The van der Waals surface area contributed by atoms with Gasteiger partial charge in [-0.3, -0.25) is 4.79 Å². The molecule has 0 aromatic heterocycles. The molecule has 2 unspecified atom stereocenters. The molecular weight excluding hydrogens is 254 g/mol. The number of ether oxygens (including phenoxy) is 1. The highest BCUT2D eigenvalue weighted by molar-refractivity contribution is 5.77. The van der Waals surface area contributed by atoms with Crippen LogP contribution < -0.4 is 10.1 Å². The average Bonchev–Trinajstić information content (AvgIpc) is 2.90. The zero-order valence-corrected chi connectivity index (χ0v) is 12.0. The van der Waals surface area contributed by atoms with Crippen LogP contribution in [0.1, 0.15) is 24.8 Å². The van der Waals surface area contributed by atoms with Crippen LogP contribution >= 0.6 is 0 Å². The summed E-state index contributed by atoms with van der Waals surface area (Å²) in [5.74, 6) is 1.36. The summed E-state index contributed by atoms with van der Waals surface area (Å²) < 4.78 is 5.46. The molecule has 1 saturated carbocycles. The van der Waals surface area contributed by atoms with E-state index in [1.807, 2.05) is 31.2 Å². The molecule has 0 spiro atoms. The second-order valence-corrected chi connectivity index (χ2v) is 5.54. The Morgan fingerprint density at radius 2 is 2.20 bits per heavy atom. The van der Waals surface area contributed by atoms with Crippen molar-refractivity contribution in [3.63, 3.8) is 0 Å². The second-order valence-electron chi connectivity index (χ2n) is 5.54. The zero-order chi connectivity index (χ0) is 14.4. The van der Waals surface area contributed by atoms with E-state index in [2.05, 4.69) is 5.32 Å². The lowest BCUT2D eigenvalue weighted by molar-refractivity contribution is -0.123. The Morgan fingerprint density at radius 3 is 2.95 bits per heavy atom. The summed E-state index contributed by atoms with van der Waals surface area (Å²) in [5, 5.41) is 12.1. The van der Waals surface area contributed by atoms with Gasteiger partial charge < -0.3 is 15.2 Å². The maximum Gasteiger partial charge on any atom is 0.257 e. The molecule has 2 atom stereocenters. The molecule has 1 fully saturated rings. The molecular formula is C16H23NO3. The molecule has 1 amide bonds. The largest absolute Gasteiger partial charge is 0.484 e. The lowest BCUT2D eigenvalue weighted by atomic mass is 9.97. The molecule has 0 aliphatic heterocycles. The fourth-order valence-corrected chi connectivity index (χ4v) is 2.77. The minimum atomic E-state index is -0.102. The van der Waals surface area contributed by atoms with E-state index >= 15 is 0 Å². The predicted octanol–water partition coefficient (Wildman–Crippen LogP) is 1.90. The molecule has 4 heteroatoms. The van der Waals surface area contributed by atoms with Gasteiger partial charge >= 0.3 is 0 Å². The van der Waals surface area contributed by atoms with Crippen molar-refractivity contribution in [2.45, 2.75) is 26.2 Å². The number of carbonyl (C=O) groups excluding carboxylic acids is 1. The van der Waals surface area contributed by atoms with Crippen LogP contribution in [0, 0.1) is 18.8 Å². The van der Waals surface area contributed by atoms with Crippen molar-refractivity contribution < 1.29 is 14.6 Å². The molecule has 110 valence electrons. The number of rotatable bonds is 6. The van der Waals surface area contributed by atoms with Gasteiger partial charge in [0.1, 0.15) is 5.75 Å². The van der Waals surface area contributed by atoms with Crippen molar-refractivity contribution in [1.82, 2.24) is 5.32 Å². The van der Waals surface area contributed by atoms with Crippen molar-refractivity contribution in [2.24, 2.45) is 11.8 Å². The molecule has 2 rings (SSSR count). The Bertz CT molecular complexity index is 447. The number of hydrogen-bond acceptors (Lipinski definition) is 3. The maximum atomic E-state index is 11.8. The van der Waals surface area contributed by atoms with Gasteiger partial charge in [-0.15, -0.1) is 0 Å². The van der Waals surface area contributed by atoms with Gasteiger partial charge in [0.25, 0.3) is 5.91 Å². The van der Waals surface area contributed by atoms with Gasteiger partial charge in [0, 0.05) is 13.2 Å². The van der Waals surface area contributed by atoms with E-state index in [9.17, 15) is 9.90 Å². The fourth-order valence-electron chi connectivity index (χ4n) is 2.77. The molecule has 1 aromatic carbocycles. The van der Waals surface area contributed by atoms with Gasteiger partial charge in [-0.05, 0) is 49.3 Å². The third-order valence-corrected chi connectivity index (χ3v) is 3.97. The van der Waals surface area contributed by atoms with E-state index in [-0.39, 0.29) is 19.1 Å². The Balaban J connectivity index is 1.70. The predicted molar refractivity (Wildman–Crippen MR) is 77.6 cm³/mol. The Labute approximate surface area is 120 Å². The molecule has 1 aromatic rings. The van der Waals surface area contributed by atoms with Crippen LogP contribution in [0.25, 0.3) is 0 Å². The normalized spacial score (nSPS) is 21.7. The van der Waals surface area contributed by atoms with Crippen LogP contribution in [0.5, 0.6) is 5.75 Å². The monoisotopic (exact) mass is 277 g/mol. The van der Waals surface area contributed by atoms with E-state index in [4.69, 9.17) is 4.74 Å². The number of nitrogens with one attached hydrogen (secondary N) is 1. The van der Waals surface area contributed by atoms with Crippen molar-refractivity contribution >= 4 is 5.91 Å². The smallest absolute Gasteiger partial charge is 0.257 e. The summed E-state index contributed by atoms with van der Waals surface area (Å²) in [7, 11) is 0. The van der Waals surface area contributed by atoms with Gasteiger partial charge in [-0.2, -0.15) is 0 Å². The van der Waals surface area contributed by atoms with Crippen molar-refractivity contribution in [3.05, 3.63) is 29.8 Å². The molecule has 2 N–H and O–H groups in total. The van der Waals surface area contributed by atoms with Crippen LogP contribution in [0.4, 0.5) is 0 Å². The standard InChI is InChI=1S/C16H23NO3/c1-12-4-2-7-15(8-12)20-11-16(19)17-9-13-5-3-6-14(13)10-18/h2,4,7-8,13-14,18H,3,5-6,9-11H2,1H3,(H,17,19). The van der Waals surface area contributed by atoms with Gasteiger partial charge in [-0.25, -0.2) is 0 Å². The number of aryl methyl sites for hydroxylation is 1. The number of carbonyl (C=O) groups is 1. The summed E-state index contributed by atoms with van der Waals surface area (Å²) in [4.78, 5) is 11.8.